The van der Waals surface area contributed by atoms with Gasteiger partial charge < -0.3 is 10.6 Å². The molecule has 3 rings (SSSR count). The lowest BCUT2D eigenvalue weighted by Gasteiger charge is -2.08. The van der Waals surface area contributed by atoms with Crippen molar-refractivity contribution >= 4 is 45.0 Å². The number of hydrogen-bond donors (Lipinski definition) is 2. The minimum atomic E-state index is -0.0688. The minimum Gasteiger partial charge on any atom is -0.306 e. The summed E-state index contributed by atoms with van der Waals surface area (Å²) in [6, 6.07) is 8.12. The Morgan fingerprint density at radius 3 is 2.90 bits per heavy atom. The molecule has 4 nitrogen and oxygen atoms in total. The monoisotopic (exact) mass is 399 g/mol. The number of nitrogens with one attached hydrogen (secondary N) is 2. The van der Waals surface area contributed by atoms with Gasteiger partial charge in [-0.2, -0.15) is 0 Å². The molecule has 2 heterocycles. The molecule has 0 spiro atoms. The van der Waals surface area contributed by atoms with Crippen molar-refractivity contribution in [2.75, 3.05) is 11.9 Å². The summed E-state index contributed by atoms with van der Waals surface area (Å²) in [7, 11) is 0. The van der Waals surface area contributed by atoms with Crippen molar-refractivity contribution in [1.82, 2.24) is 10.3 Å². The number of benzene rings is 1. The summed E-state index contributed by atoms with van der Waals surface area (Å²) in [5.41, 5.74) is 1.97. The van der Waals surface area contributed by atoms with Crippen LogP contribution in [0.1, 0.15) is 12.8 Å². The van der Waals surface area contributed by atoms with E-state index in [0.29, 0.717) is 5.13 Å². The van der Waals surface area contributed by atoms with Crippen LogP contribution >= 0.6 is 33.9 Å². The molecule has 2 N–H and O–H groups in total. The Morgan fingerprint density at radius 2 is 2.20 bits per heavy atom. The highest BCUT2D eigenvalue weighted by Crippen LogP contribution is 2.25. The first-order valence-corrected chi connectivity index (χ1v) is 8.44. The highest BCUT2D eigenvalue weighted by Gasteiger charge is 2.22. The first-order valence-electron chi connectivity index (χ1n) is 6.48. The molecule has 1 atom stereocenters. The van der Waals surface area contributed by atoms with Crippen molar-refractivity contribution in [2.24, 2.45) is 0 Å². The van der Waals surface area contributed by atoms with Crippen molar-refractivity contribution in [3.63, 3.8) is 0 Å². The Labute approximate surface area is 135 Å². The first-order chi connectivity index (χ1) is 9.72. The average Bonchev–Trinajstić information content (AvgIpc) is 3.10. The maximum Gasteiger partial charge on any atom is 0.243 e. The molecule has 6 heteroatoms. The van der Waals surface area contributed by atoms with E-state index in [1.165, 1.54) is 14.9 Å². The highest BCUT2D eigenvalue weighted by molar-refractivity contribution is 14.1. The molecular weight excluding hydrogens is 385 g/mol. The molecule has 1 aromatic heterocycles. The second-order valence-corrected chi connectivity index (χ2v) is 6.79. The number of nitrogens with zero attached hydrogens (tertiary/aromatic N) is 1. The van der Waals surface area contributed by atoms with E-state index >= 15 is 0 Å². The number of carbonyl (C=O) groups is 1. The van der Waals surface area contributed by atoms with E-state index in [4.69, 9.17) is 0 Å². The molecule has 1 fully saturated rings. The van der Waals surface area contributed by atoms with Gasteiger partial charge in [0.1, 0.15) is 0 Å². The number of anilines is 1. The number of rotatable bonds is 3. The van der Waals surface area contributed by atoms with Crippen LogP contribution in [0, 0.1) is 3.57 Å². The number of thiazole rings is 1. The fourth-order valence-corrected chi connectivity index (χ4v) is 3.27. The first kappa shape index (κ1) is 14.0. The number of hydrogen-bond acceptors (Lipinski definition) is 4. The molecule has 2 aromatic rings. The summed E-state index contributed by atoms with van der Waals surface area (Å²) in [6.07, 6.45) is 1.96. The van der Waals surface area contributed by atoms with Gasteiger partial charge in [0.25, 0.3) is 0 Å². The summed E-state index contributed by atoms with van der Waals surface area (Å²) < 4.78 is 1.20. The molecule has 1 saturated heterocycles. The lowest BCUT2D eigenvalue weighted by molar-refractivity contribution is -0.117. The van der Waals surface area contributed by atoms with Gasteiger partial charge in [-0.15, -0.1) is 11.3 Å². The maximum absolute atomic E-state index is 12.0. The van der Waals surface area contributed by atoms with Gasteiger partial charge in [0.2, 0.25) is 5.91 Å². The van der Waals surface area contributed by atoms with Crippen LogP contribution in [0.2, 0.25) is 0 Å². The summed E-state index contributed by atoms with van der Waals surface area (Å²) in [5.74, 6) is 0.0195. The van der Waals surface area contributed by atoms with Crippen molar-refractivity contribution in [1.29, 1.82) is 0 Å². The zero-order valence-corrected chi connectivity index (χ0v) is 13.7. The Bertz CT molecular complexity index is 605. The molecule has 1 amide bonds. The smallest absolute Gasteiger partial charge is 0.243 e. The van der Waals surface area contributed by atoms with Gasteiger partial charge >= 0.3 is 0 Å². The van der Waals surface area contributed by atoms with Gasteiger partial charge in [-0.3, -0.25) is 4.79 Å². The van der Waals surface area contributed by atoms with Crippen molar-refractivity contribution in [2.45, 2.75) is 18.9 Å². The highest BCUT2D eigenvalue weighted by atomic mass is 127. The molecule has 104 valence electrons. The van der Waals surface area contributed by atoms with Crippen LogP contribution in [-0.4, -0.2) is 23.5 Å². The standard InChI is InChI=1S/C14H14IN3OS/c15-10-5-3-9(4-6-10)12-8-20-14(17-12)18-13(19)11-2-1-7-16-11/h3-6,8,11,16H,1-2,7H2,(H,17,18,19). The Hall–Kier alpha value is -0.990. The molecule has 1 unspecified atom stereocenters. The van der Waals surface area contributed by atoms with Gasteiger partial charge in [0.05, 0.1) is 11.7 Å². The van der Waals surface area contributed by atoms with Crippen molar-refractivity contribution < 1.29 is 4.79 Å². The van der Waals surface area contributed by atoms with E-state index in [-0.39, 0.29) is 11.9 Å². The van der Waals surface area contributed by atoms with Crippen LogP contribution < -0.4 is 10.6 Å². The third-order valence-electron chi connectivity index (χ3n) is 3.25. The van der Waals surface area contributed by atoms with Crippen LogP contribution in [0.25, 0.3) is 11.3 Å². The van der Waals surface area contributed by atoms with E-state index in [9.17, 15) is 4.79 Å². The summed E-state index contributed by atoms with van der Waals surface area (Å²) >= 11 is 3.74. The predicted octanol–water partition coefficient (Wildman–Crippen LogP) is 3.11. The summed E-state index contributed by atoms with van der Waals surface area (Å²) in [6.45, 7) is 0.920. The van der Waals surface area contributed by atoms with Crippen LogP contribution in [-0.2, 0) is 4.79 Å². The fraction of sp³-hybridized carbons (Fsp3) is 0.286. The zero-order chi connectivity index (χ0) is 13.9. The Kier molecular flexibility index (Phi) is 4.32. The maximum atomic E-state index is 12.0. The normalized spacial score (nSPS) is 18.1. The summed E-state index contributed by atoms with van der Waals surface area (Å²) in [5, 5.41) is 8.71. The van der Waals surface area contributed by atoms with Gasteiger partial charge in [-0.25, -0.2) is 4.98 Å². The van der Waals surface area contributed by atoms with Crippen LogP contribution in [0.3, 0.4) is 0 Å². The molecule has 0 aliphatic carbocycles. The van der Waals surface area contributed by atoms with Crippen LogP contribution in [0.4, 0.5) is 5.13 Å². The minimum absolute atomic E-state index is 0.0195. The van der Waals surface area contributed by atoms with E-state index in [1.54, 1.807) is 0 Å². The van der Waals surface area contributed by atoms with Crippen molar-refractivity contribution in [3.05, 3.63) is 33.2 Å². The second-order valence-electron chi connectivity index (χ2n) is 4.68. The van der Waals surface area contributed by atoms with Crippen LogP contribution in [0.5, 0.6) is 0 Å². The van der Waals surface area contributed by atoms with Gasteiger partial charge in [-0.1, -0.05) is 12.1 Å². The van der Waals surface area contributed by atoms with E-state index in [0.717, 1.165) is 30.6 Å². The largest absolute Gasteiger partial charge is 0.306 e. The van der Waals surface area contributed by atoms with E-state index in [2.05, 4.69) is 50.3 Å². The number of aromatic nitrogens is 1. The SMILES string of the molecule is O=C(Nc1nc(-c2ccc(I)cc2)cs1)C1CCCN1. The van der Waals surface area contributed by atoms with Gasteiger partial charge in [-0.05, 0) is 54.1 Å². The predicted molar refractivity (Wildman–Crippen MR) is 89.9 cm³/mol. The number of carbonyl (C=O) groups excluding carboxylic acids is 1. The second kappa shape index (κ2) is 6.19. The lowest BCUT2D eigenvalue weighted by atomic mass is 10.2. The molecule has 0 saturated carbocycles. The average molecular weight is 399 g/mol. The van der Waals surface area contributed by atoms with E-state index < -0.39 is 0 Å². The number of amides is 1. The Balaban J connectivity index is 1.70. The quantitative estimate of drug-likeness (QED) is 0.781. The van der Waals surface area contributed by atoms with Gasteiger partial charge in [0, 0.05) is 14.5 Å². The van der Waals surface area contributed by atoms with Crippen LogP contribution in [0.15, 0.2) is 29.6 Å². The Morgan fingerprint density at radius 1 is 1.40 bits per heavy atom. The topological polar surface area (TPSA) is 54.0 Å². The fourth-order valence-electron chi connectivity index (χ4n) is 2.19. The number of halogens is 1. The third kappa shape index (κ3) is 3.18. The van der Waals surface area contributed by atoms with Gasteiger partial charge in [0.15, 0.2) is 5.13 Å². The molecule has 1 aromatic carbocycles. The zero-order valence-electron chi connectivity index (χ0n) is 10.7. The van der Waals surface area contributed by atoms with E-state index in [1.807, 2.05) is 17.5 Å². The molecule has 1 aliphatic rings. The third-order valence-corrected chi connectivity index (χ3v) is 4.73. The molecule has 0 radical (unpaired) electrons. The molecule has 1 aliphatic heterocycles. The molecule has 0 bridgehead atoms. The molecular formula is C14H14IN3OS. The van der Waals surface area contributed by atoms with Crippen molar-refractivity contribution in [3.8, 4) is 11.3 Å². The molecule has 20 heavy (non-hydrogen) atoms. The lowest BCUT2D eigenvalue weighted by Crippen LogP contribution is -2.35. The summed E-state index contributed by atoms with van der Waals surface area (Å²) in [4.78, 5) is 16.5.